The van der Waals surface area contributed by atoms with Gasteiger partial charge in [-0.3, -0.25) is 4.90 Å². The highest BCUT2D eigenvalue weighted by Crippen LogP contribution is 2.23. The summed E-state index contributed by atoms with van der Waals surface area (Å²) < 4.78 is 0. The molecule has 3 heteroatoms. The lowest BCUT2D eigenvalue weighted by Crippen LogP contribution is -2.48. The Balaban J connectivity index is 1.94. The second-order valence-electron chi connectivity index (χ2n) is 6.19. The molecule has 0 radical (unpaired) electrons. The van der Waals surface area contributed by atoms with E-state index in [0.717, 1.165) is 26.1 Å². The van der Waals surface area contributed by atoms with Crippen molar-refractivity contribution in [3.05, 3.63) is 29.8 Å². The van der Waals surface area contributed by atoms with Gasteiger partial charge in [0.15, 0.2) is 0 Å². The van der Waals surface area contributed by atoms with Crippen molar-refractivity contribution < 1.29 is 0 Å². The number of anilines is 1. The van der Waals surface area contributed by atoms with E-state index in [2.05, 4.69) is 54.8 Å². The topological polar surface area (TPSA) is 32.5 Å². The summed E-state index contributed by atoms with van der Waals surface area (Å²) in [4.78, 5) is 5.05. The number of piperazine rings is 1. The summed E-state index contributed by atoms with van der Waals surface area (Å²) in [6.45, 7) is 12.2. The second kappa shape index (κ2) is 7.09. The highest BCUT2D eigenvalue weighted by molar-refractivity contribution is 5.48. The summed E-state index contributed by atoms with van der Waals surface area (Å²) in [5, 5.41) is 0. The fourth-order valence-corrected chi connectivity index (χ4v) is 2.93. The summed E-state index contributed by atoms with van der Waals surface area (Å²) >= 11 is 0. The van der Waals surface area contributed by atoms with Gasteiger partial charge in [0.05, 0.1) is 0 Å². The van der Waals surface area contributed by atoms with E-state index in [4.69, 9.17) is 5.73 Å². The van der Waals surface area contributed by atoms with E-state index in [1.54, 1.807) is 0 Å². The average molecular weight is 275 g/mol. The Morgan fingerprint density at radius 3 is 2.10 bits per heavy atom. The summed E-state index contributed by atoms with van der Waals surface area (Å²) in [6.07, 6.45) is 1.06. The number of nitrogens with zero attached hydrogens (tertiary/aromatic N) is 2. The molecule has 0 saturated carbocycles. The van der Waals surface area contributed by atoms with Crippen molar-refractivity contribution in [3.8, 4) is 0 Å². The molecule has 0 aromatic heterocycles. The van der Waals surface area contributed by atoms with Crippen LogP contribution < -0.4 is 10.6 Å². The molecule has 1 saturated heterocycles. The van der Waals surface area contributed by atoms with Crippen molar-refractivity contribution in [3.63, 3.8) is 0 Å². The molecule has 1 atom stereocenters. The Bertz CT molecular complexity index is 391. The minimum absolute atomic E-state index is 0.562. The number of hydrogen-bond donors (Lipinski definition) is 1. The number of benzene rings is 1. The molecule has 112 valence electrons. The summed E-state index contributed by atoms with van der Waals surface area (Å²) in [5.41, 5.74) is 8.40. The van der Waals surface area contributed by atoms with Gasteiger partial charge in [-0.05, 0) is 50.4 Å². The van der Waals surface area contributed by atoms with E-state index < -0.39 is 0 Å². The van der Waals surface area contributed by atoms with Gasteiger partial charge in [0.2, 0.25) is 0 Å². The fraction of sp³-hybridized carbons (Fsp3) is 0.647. The molecule has 2 rings (SSSR count). The molecule has 2 N–H and O–H groups in total. The Hall–Kier alpha value is -1.06. The zero-order valence-electron chi connectivity index (χ0n) is 13.2. The van der Waals surface area contributed by atoms with E-state index in [0.29, 0.717) is 12.0 Å². The molecule has 1 heterocycles. The summed E-state index contributed by atoms with van der Waals surface area (Å²) in [5.74, 6) is 0.562. The molecule has 1 unspecified atom stereocenters. The molecule has 1 aliphatic rings. The van der Waals surface area contributed by atoms with Crippen molar-refractivity contribution in [2.75, 3.05) is 37.6 Å². The van der Waals surface area contributed by atoms with Crippen molar-refractivity contribution in [1.29, 1.82) is 0 Å². The maximum atomic E-state index is 5.64. The standard InChI is InChI=1S/C17H29N3/c1-14(2)19-10-12-20(13-11-19)17-6-4-16(5-7-17)15(3)8-9-18/h4-7,14-15H,8-13,18H2,1-3H3. The molecule has 1 aliphatic heterocycles. The van der Waals surface area contributed by atoms with Crippen molar-refractivity contribution >= 4 is 5.69 Å². The van der Waals surface area contributed by atoms with E-state index in [-0.39, 0.29) is 0 Å². The molecule has 0 amide bonds. The normalized spacial score (nSPS) is 18.6. The molecule has 1 aromatic rings. The highest BCUT2D eigenvalue weighted by atomic mass is 15.3. The van der Waals surface area contributed by atoms with E-state index in [9.17, 15) is 0 Å². The third-order valence-corrected chi connectivity index (χ3v) is 4.47. The van der Waals surface area contributed by atoms with Gasteiger partial charge in [-0.25, -0.2) is 0 Å². The lowest BCUT2D eigenvalue weighted by atomic mass is 9.97. The average Bonchev–Trinajstić information content (AvgIpc) is 2.48. The number of hydrogen-bond acceptors (Lipinski definition) is 3. The van der Waals surface area contributed by atoms with Crippen LogP contribution in [0.1, 0.15) is 38.7 Å². The van der Waals surface area contributed by atoms with Gasteiger partial charge >= 0.3 is 0 Å². The minimum Gasteiger partial charge on any atom is -0.369 e. The molecule has 0 aliphatic carbocycles. The minimum atomic E-state index is 0.562. The van der Waals surface area contributed by atoms with Crippen molar-refractivity contribution in [2.24, 2.45) is 5.73 Å². The predicted molar refractivity (Wildman–Crippen MR) is 87.5 cm³/mol. The molecular formula is C17H29N3. The smallest absolute Gasteiger partial charge is 0.0367 e. The van der Waals surface area contributed by atoms with Crippen LogP contribution in [-0.2, 0) is 0 Å². The molecule has 20 heavy (non-hydrogen) atoms. The monoisotopic (exact) mass is 275 g/mol. The maximum Gasteiger partial charge on any atom is 0.0367 e. The van der Waals surface area contributed by atoms with Gasteiger partial charge in [-0.2, -0.15) is 0 Å². The third-order valence-electron chi connectivity index (χ3n) is 4.47. The first-order chi connectivity index (χ1) is 9.61. The number of rotatable bonds is 5. The fourth-order valence-electron chi connectivity index (χ4n) is 2.93. The molecule has 1 aromatic carbocycles. The van der Waals surface area contributed by atoms with E-state index in [1.807, 2.05) is 0 Å². The van der Waals surface area contributed by atoms with Crippen LogP contribution in [0.5, 0.6) is 0 Å². The van der Waals surface area contributed by atoms with Gasteiger partial charge in [0, 0.05) is 37.9 Å². The lowest BCUT2D eigenvalue weighted by molar-refractivity contribution is 0.209. The van der Waals surface area contributed by atoms with E-state index >= 15 is 0 Å². The lowest BCUT2D eigenvalue weighted by Gasteiger charge is -2.38. The Labute approximate surface area is 123 Å². The van der Waals surface area contributed by atoms with Crippen LogP contribution in [0.4, 0.5) is 5.69 Å². The zero-order valence-corrected chi connectivity index (χ0v) is 13.2. The van der Waals surface area contributed by atoms with Crippen LogP contribution >= 0.6 is 0 Å². The largest absolute Gasteiger partial charge is 0.369 e. The van der Waals surface area contributed by atoms with Crippen molar-refractivity contribution in [2.45, 2.75) is 39.2 Å². The predicted octanol–water partition coefficient (Wildman–Crippen LogP) is 2.67. The molecular weight excluding hydrogens is 246 g/mol. The molecule has 0 spiro atoms. The second-order valence-corrected chi connectivity index (χ2v) is 6.19. The van der Waals surface area contributed by atoms with E-state index in [1.165, 1.54) is 24.3 Å². The molecule has 1 fully saturated rings. The van der Waals surface area contributed by atoms with Crippen LogP contribution in [0.25, 0.3) is 0 Å². The SMILES string of the molecule is CC(CCN)c1ccc(N2CCN(C(C)C)CC2)cc1. The number of nitrogens with two attached hydrogens (primary N) is 1. The first kappa shape index (κ1) is 15.3. The first-order valence-electron chi connectivity index (χ1n) is 7.91. The zero-order chi connectivity index (χ0) is 14.5. The molecule has 0 bridgehead atoms. The van der Waals surface area contributed by atoms with Crippen LogP contribution in [0.15, 0.2) is 24.3 Å². The van der Waals surface area contributed by atoms with Crippen LogP contribution in [0, 0.1) is 0 Å². The van der Waals surface area contributed by atoms with Gasteiger partial charge < -0.3 is 10.6 Å². The maximum absolute atomic E-state index is 5.64. The Morgan fingerprint density at radius 2 is 1.60 bits per heavy atom. The first-order valence-corrected chi connectivity index (χ1v) is 7.91. The van der Waals surface area contributed by atoms with Crippen molar-refractivity contribution in [1.82, 2.24) is 4.90 Å². The van der Waals surface area contributed by atoms with Gasteiger partial charge in [0.1, 0.15) is 0 Å². The Kier molecular flexibility index (Phi) is 5.44. The summed E-state index contributed by atoms with van der Waals surface area (Å²) in [6, 6.07) is 9.74. The van der Waals surface area contributed by atoms with Crippen LogP contribution in [0.3, 0.4) is 0 Å². The van der Waals surface area contributed by atoms with Gasteiger partial charge in [0.25, 0.3) is 0 Å². The van der Waals surface area contributed by atoms with Gasteiger partial charge in [-0.1, -0.05) is 19.1 Å². The highest BCUT2D eigenvalue weighted by Gasteiger charge is 2.18. The third kappa shape index (κ3) is 3.74. The van der Waals surface area contributed by atoms with Crippen LogP contribution in [-0.4, -0.2) is 43.7 Å². The summed E-state index contributed by atoms with van der Waals surface area (Å²) in [7, 11) is 0. The van der Waals surface area contributed by atoms with Crippen LogP contribution in [0.2, 0.25) is 0 Å². The Morgan fingerprint density at radius 1 is 1.00 bits per heavy atom. The molecule has 3 nitrogen and oxygen atoms in total. The quantitative estimate of drug-likeness (QED) is 0.896. The van der Waals surface area contributed by atoms with Gasteiger partial charge in [-0.15, -0.1) is 0 Å².